The molecule has 0 amide bonds. The number of carbonyl (C=O) groups is 1. The molecule has 0 aliphatic heterocycles. The highest BCUT2D eigenvalue weighted by Crippen LogP contribution is 2.42. The summed E-state index contributed by atoms with van der Waals surface area (Å²) in [6.45, 7) is 2.30. The van der Waals surface area contributed by atoms with E-state index in [2.05, 4.69) is 6.55 Å². The van der Waals surface area contributed by atoms with Crippen LogP contribution in [0.25, 0.3) is 0 Å². The van der Waals surface area contributed by atoms with E-state index >= 15 is 0 Å². The highest BCUT2D eigenvalue weighted by atomic mass is 28.2. The van der Waals surface area contributed by atoms with Gasteiger partial charge < -0.3 is 4.74 Å². The Labute approximate surface area is 157 Å². The molecule has 1 aromatic carbocycles. The zero-order chi connectivity index (χ0) is 18.5. The summed E-state index contributed by atoms with van der Waals surface area (Å²) in [6.07, 6.45) is 9.33. The van der Waals surface area contributed by atoms with Crippen molar-refractivity contribution in [3.63, 3.8) is 0 Å². The van der Waals surface area contributed by atoms with Crippen molar-refractivity contribution in [2.24, 2.45) is 23.7 Å². The Balaban J connectivity index is 1.44. The summed E-state index contributed by atoms with van der Waals surface area (Å²) in [5.74, 6) is 0.265. The van der Waals surface area contributed by atoms with Crippen LogP contribution in [-0.4, -0.2) is 15.5 Å². The topological polar surface area (TPSA) is 26.3 Å². The zero-order valence-electron chi connectivity index (χ0n) is 15.5. The lowest BCUT2D eigenvalue weighted by Crippen LogP contribution is -2.30. The number of carbonyl (C=O) groups excluding carboxylic acids is 1. The maximum absolute atomic E-state index is 13.2. The second-order valence-corrected chi connectivity index (χ2v) is 9.06. The Kier molecular flexibility index (Phi) is 6.84. The van der Waals surface area contributed by atoms with Crippen LogP contribution in [-0.2, 0) is 4.79 Å². The second-order valence-electron chi connectivity index (χ2n) is 7.95. The standard InChI is InChI=1S/C21H28F2O2Si/c1-26-13-14-2-4-15(5-3-14)16-6-8-17(9-7-16)21(24)25-18-10-11-19(22)20(23)12-18/h10-12,14-17H,2-9,13H2,1H3. The van der Waals surface area contributed by atoms with Crippen molar-refractivity contribution >= 4 is 15.5 Å². The molecule has 2 aliphatic rings. The minimum atomic E-state index is -0.988. The quantitative estimate of drug-likeness (QED) is 0.376. The lowest BCUT2D eigenvalue weighted by Gasteiger charge is -2.37. The van der Waals surface area contributed by atoms with Crippen molar-refractivity contribution in [3.8, 4) is 5.75 Å². The lowest BCUT2D eigenvalue weighted by molar-refractivity contribution is -0.140. The molecular weight excluding hydrogens is 350 g/mol. The van der Waals surface area contributed by atoms with Crippen LogP contribution in [0.1, 0.15) is 51.4 Å². The molecule has 2 aliphatic carbocycles. The number of rotatable bonds is 5. The normalized spacial score (nSPS) is 29.3. The number of ether oxygens (including phenoxy) is 1. The summed E-state index contributed by atoms with van der Waals surface area (Å²) in [6, 6.07) is 4.63. The predicted molar refractivity (Wildman–Crippen MR) is 99.3 cm³/mol. The highest BCUT2D eigenvalue weighted by Gasteiger charge is 2.33. The number of halogens is 2. The summed E-state index contributed by atoms with van der Waals surface area (Å²) in [7, 11) is 1.07. The molecule has 0 heterocycles. The maximum Gasteiger partial charge on any atom is 0.314 e. The van der Waals surface area contributed by atoms with E-state index in [4.69, 9.17) is 4.74 Å². The molecule has 0 spiro atoms. The van der Waals surface area contributed by atoms with E-state index in [1.807, 2.05) is 0 Å². The summed E-state index contributed by atoms with van der Waals surface area (Å²) in [5, 5.41) is 0. The smallest absolute Gasteiger partial charge is 0.314 e. The van der Waals surface area contributed by atoms with Crippen molar-refractivity contribution in [1.29, 1.82) is 0 Å². The van der Waals surface area contributed by atoms with Gasteiger partial charge in [-0.05, 0) is 68.4 Å². The first-order chi connectivity index (χ1) is 12.6. The van der Waals surface area contributed by atoms with Crippen LogP contribution in [0.15, 0.2) is 18.2 Å². The van der Waals surface area contributed by atoms with E-state index in [1.165, 1.54) is 37.8 Å². The third kappa shape index (κ3) is 4.93. The predicted octanol–water partition coefficient (Wildman–Crippen LogP) is 5.65. The van der Waals surface area contributed by atoms with Gasteiger partial charge in [0.05, 0.1) is 5.92 Å². The minimum Gasteiger partial charge on any atom is -0.426 e. The average molecular weight is 379 g/mol. The second kappa shape index (κ2) is 9.11. The first-order valence-electron chi connectivity index (χ1n) is 9.88. The molecule has 0 aromatic heterocycles. The van der Waals surface area contributed by atoms with Gasteiger partial charge in [0, 0.05) is 15.6 Å². The first kappa shape index (κ1) is 19.5. The molecule has 0 bridgehead atoms. The van der Waals surface area contributed by atoms with E-state index in [1.54, 1.807) is 0 Å². The maximum atomic E-state index is 13.2. The molecule has 26 heavy (non-hydrogen) atoms. The first-order valence-corrected chi connectivity index (χ1v) is 11.6. The minimum absolute atomic E-state index is 0.0889. The summed E-state index contributed by atoms with van der Waals surface area (Å²) in [5.41, 5.74) is 0. The SMILES string of the molecule is C[Si]CC1CCC(C2CCC(C(=O)Oc3ccc(F)c(F)c3)CC2)CC1. The Morgan fingerprint density at radius 2 is 1.62 bits per heavy atom. The van der Waals surface area contributed by atoms with E-state index in [-0.39, 0.29) is 17.6 Å². The molecular formula is C21H28F2O2Si. The largest absolute Gasteiger partial charge is 0.426 e. The van der Waals surface area contributed by atoms with E-state index < -0.39 is 11.6 Å². The third-order valence-electron chi connectivity index (χ3n) is 6.27. The molecule has 2 radical (unpaired) electrons. The molecule has 142 valence electrons. The summed E-state index contributed by atoms with van der Waals surface area (Å²) < 4.78 is 31.5. The molecule has 5 heteroatoms. The molecule has 2 nitrogen and oxygen atoms in total. The van der Waals surface area contributed by atoms with Crippen molar-refractivity contribution in [1.82, 2.24) is 0 Å². The molecule has 3 rings (SSSR count). The molecule has 2 saturated carbocycles. The van der Waals surface area contributed by atoms with Gasteiger partial charge in [0.1, 0.15) is 5.75 Å². The van der Waals surface area contributed by atoms with Crippen LogP contribution < -0.4 is 4.74 Å². The van der Waals surface area contributed by atoms with Crippen LogP contribution in [0.2, 0.25) is 12.6 Å². The van der Waals surface area contributed by atoms with E-state index in [9.17, 15) is 13.6 Å². The van der Waals surface area contributed by atoms with Crippen molar-refractivity contribution in [3.05, 3.63) is 29.8 Å². The molecule has 1 aromatic rings. The Bertz CT molecular complexity index is 606. The van der Waals surface area contributed by atoms with Crippen molar-refractivity contribution in [2.75, 3.05) is 0 Å². The molecule has 0 unspecified atom stereocenters. The Hall–Kier alpha value is -1.23. The van der Waals surface area contributed by atoms with E-state index in [0.717, 1.165) is 65.1 Å². The van der Waals surface area contributed by atoms with Crippen LogP contribution in [0.5, 0.6) is 5.75 Å². The molecule has 0 saturated heterocycles. The number of hydrogen-bond donors (Lipinski definition) is 0. The summed E-state index contributed by atoms with van der Waals surface area (Å²) in [4.78, 5) is 12.3. The average Bonchev–Trinajstić information content (AvgIpc) is 2.66. The van der Waals surface area contributed by atoms with Crippen LogP contribution in [0, 0.1) is 35.3 Å². The van der Waals surface area contributed by atoms with Gasteiger partial charge >= 0.3 is 5.97 Å². The number of hydrogen-bond acceptors (Lipinski definition) is 2. The fourth-order valence-corrected chi connectivity index (χ4v) is 5.70. The summed E-state index contributed by atoms with van der Waals surface area (Å²) >= 11 is 0. The third-order valence-corrected chi connectivity index (χ3v) is 7.25. The van der Waals surface area contributed by atoms with Crippen LogP contribution in [0.3, 0.4) is 0 Å². The van der Waals surface area contributed by atoms with E-state index in [0.29, 0.717) is 0 Å². The molecule has 0 N–H and O–H groups in total. The van der Waals surface area contributed by atoms with Gasteiger partial charge in [0.15, 0.2) is 11.6 Å². The Morgan fingerprint density at radius 3 is 2.19 bits per heavy atom. The van der Waals surface area contributed by atoms with Crippen molar-refractivity contribution in [2.45, 2.75) is 64.0 Å². The van der Waals surface area contributed by atoms with Gasteiger partial charge in [-0.2, -0.15) is 0 Å². The molecule has 2 fully saturated rings. The lowest BCUT2D eigenvalue weighted by atomic mass is 9.69. The zero-order valence-corrected chi connectivity index (χ0v) is 16.5. The van der Waals surface area contributed by atoms with Gasteiger partial charge in [-0.1, -0.05) is 25.4 Å². The van der Waals surface area contributed by atoms with Gasteiger partial charge in [-0.3, -0.25) is 4.79 Å². The van der Waals surface area contributed by atoms with Gasteiger partial charge in [0.2, 0.25) is 0 Å². The van der Waals surface area contributed by atoms with Crippen LogP contribution in [0.4, 0.5) is 8.78 Å². The highest BCUT2D eigenvalue weighted by molar-refractivity contribution is 6.33. The monoisotopic (exact) mass is 378 g/mol. The molecule has 0 atom stereocenters. The van der Waals surface area contributed by atoms with Crippen LogP contribution >= 0.6 is 0 Å². The fourth-order valence-electron chi connectivity index (χ4n) is 4.72. The van der Waals surface area contributed by atoms with Crippen molar-refractivity contribution < 1.29 is 18.3 Å². The van der Waals surface area contributed by atoms with Gasteiger partial charge in [-0.25, -0.2) is 8.78 Å². The van der Waals surface area contributed by atoms with Gasteiger partial charge in [-0.15, -0.1) is 0 Å². The Morgan fingerprint density at radius 1 is 1.00 bits per heavy atom. The van der Waals surface area contributed by atoms with Gasteiger partial charge in [0.25, 0.3) is 0 Å². The fraction of sp³-hybridized carbons (Fsp3) is 0.667. The number of benzene rings is 1. The number of esters is 1.